The lowest BCUT2D eigenvalue weighted by Gasteiger charge is -2.22. The van der Waals surface area contributed by atoms with Gasteiger partial charge in [0.15, 0.2) is 0 Å². The maximum Gasteiger partial charge on any atom is 0.0809 e. The van der Waals surface area contributed by atoms with Gasteiger partial charge in [0.05, 0.1) is 10.2 Å². The van der Waals surface area contributed by atoms with E-state index in [1.165, 1.54) is 48.8 Å². The molecule has 1 fully saturated rings. The van der Waals surface area contributed by atoms with Gasteiger partial charge < -0.3 is 5.32 Å². The summed E-state index contributed by atoms with van der Waals surface area (Å²) in [5.74, 6) is 0.906. The highest BCUT2D eigenvalue weighted by Crippen LogP contribution is 2.34. The van der Waals surface area contributed by atoms with Crippen LogP contribution in [0.4, 0.5) is 0 Å². The van der Waals surface area contributed by atoms with Crippen molar-refractivity contribution in [3.63, 3.8) is 0 Å². The maximum atomic E-state index is 4.62. The van der Waals surface area contributed by atoms with E-state index in [9.17, 15) is 0 Å². The predicted molar refractivity (Wildman–Crippen MR) is 87.2 cm³/mol. The number of aromatic nitrogens is 1. The van der Waals surface area contributed by atoms with Crippen molar-refractivity contribution in [3.05, 3.63) is 29.3 Å². The molecule has 1 unspecified atom stereocenters. The Hall–Kier alpha value is -0.930. The Bertz CT molecular complexity index is 543. The molecular formula is C17H24N2S. The van der Waals surface area contributed by atoms with Crippen molar-refractivity contribution in [1.29, 1.82) is 0 Å². The number of pyridine rings is 1. The zero-order valence-corrected chi connectivity index (χ0v) is 13.1. The SMILES string of the molecule is CCCNC(CC1CCCC1)c1cnc2ccsc2c1. The van der Waals surface area contributed by atoms with Gasteiger partial charge in [0.2, 0.25) is 0 Å². The summed E-state index contributed by atoms with van der Waals surface area (Å²) < 4.78 is 1.32. The molecule has 0 aliphatic heterocycles. The molecule has 1 aliphatic carbocycles. The fourth-order valence-electron chi connectivity index (χ4n) is 3.29. The van der Waals surface area contributed by atoms with Crippen LogP contribution in [0.3, 0.4) is 0 Å². The Morgan fingerprint density at radius 2 is 2.25 bits per heavy atom. The minimum atomic E-state index is 0.483. The molecule has 1 atom stereocenters. The number of hydrogen-bond donors (Lipinski definition) is 1. The van der Waals surface area contributed by atoms with Crippen LogP contribution in [0.15, 0.2) is 23.7 Å². The van der Waals surface area contributed by atoms with Gasteiger partial charge >= 0.3 is 0 Å². The minimum Gasteiger partial charge on any atom is -0.310 e. The second-order valence-electron chi connectivity index (χ2n) is 5.97. The highest BCUT2D eigenvalue weighted by Gasteiger charge is 2.21. The first-order valence-corrected chi connectivity index (χ1v) is 8.81. The van der Waals surface area contributed by atoms with Crippen LogP contribution < -0.4 is 5.32 Å². The third-order valence-electron chi connectivity index (χ3n) is 4.41. The van der Waals surface area contributed by atoms with E-state index in [4.69, 9.17) is 0 Å². The van der Waals surface area contributed by atoms with Gasteiger partial charge in [0.25, 0.3) is 0 Å². The lowest BCUT2D eigenvalue weighted by Crippen LogP contribution is -2.24. The zero-order chi connectivity index (χ0) is 13.8. The van der Waals surface area contributed by atoms with Gasteiger partial charge in [-0.1, -0.05) is 32.6 Å². The fraction of sp³-hybridized carbons (Fsp3) is 0.588. The van der Waals surface area contributed by atoms with Gasteiger partial charge in [-0.2, -0.15) is 0 Å². The normalized spacial score (nSPS) is 17.9. The fourth-order valence-corrected chi connectivity index (χ4v) is 4.08. The van der Waals surface area contributed by atoms with Crippen LogP contribution >= 0.6 is 11.3 Å². The molecule has 0 spiro atoms. The van der Waals surface area contributed by atoms with E-state index in [2.05, 4.69) is 40.9 Å². The molecule has 20 heavy (non-hydrogen) atoms. The number of nitrogens with zero attached hydrogens (tertiary/aromatic N) is 1. The first kappa shape index (κ1) is 14.0. The first-order chi connectivity index (χ1) is 9.86. The van der Waals surface area contributed by atoms with Crippen molar-refractivity contribution >= 4 is 21.6 Å². The van der Waals surface area contributed by atoms with E-state index in [0.717, 1.165) is 18.0 Å². The monoisotopic (exact) mass is 288 g/mol. The van der Waals surface area contributed by atoms with Crippen molar-refractivity contribution in [2.24, 2.45) is 5.92 Å². The third-order valence-corrected chi connectivity index (χ3v) is 5.26. The molecule has 108 valence electrons. The Kier molecular flexibility index (Phi) is 4.69. The molecule has 2 aromatic rings. The molecule has 2 aromatic heterocycles. The second kappa shape index (κ2) is 6.68. The topological polar surface area (TPSA) is 24.9 Å². The lowest BCUT2D eigenvalue weighted by molar-refractivity contribution is 0.395. The largest absolute Gasteiger partial charge is 0.310 e. The van der Waals surface area contributed by atoms with Crippen molar-refractivity contribution in [1.82, 2.24) is 10.3 Å². The highest BCUT2D eigenvalue weighted by molar-refractivity contribution is 7.17. The van der Waals surface area contributed by atoms with Crippen molar-refractivity contribution < 1.29 is 0 Å². The Morgan fingerprint density at radius 1 is 1.40 bits per heavy atom. The average molecular weight is 288 g/mol. The Morgan fingerprint density at radius 3 is 3.05 bits per heavy atom. The van der Waals surface area contributed by atoms with Gasteiger partial charge in [-0.3, -0.25) is 4.98 Å². The number of nitrogens with one attached hydrogen (secondary N) is 1. The van der Waals surface area contributed by atoms with Crippen molar-refractivity contribution in [2.45, 2.75) is 51.5 Å². The number of hydrogen-bond acceptors (Lipinski definition) is 3. The molecule has 1 saturated carbocycles. The smallest absolute Gasteiger partial charge is 0.0809 e. The summed E-state index contributed by atoms with van der Waals surface area (Å²) >= 11 is 1.80. The van der Waals surface area contributed by atoms with Crippen LogP contribution in [0, 0.1) is 5.92 Å². The van der Waals surface area contributed by atoms with Crippen LogP contribution in [0.2, 0.25) is 0 Å². The summed E-state index contributed by atoms with van der Waals surface area (Å²) in [6.45, 7) is 3.33. The third kappa shape index (κ3) is 3.21. The first-order valence-electron chi connectivity index (χ1n) is 7.93. The summed E-state index contributed by atoms with van der Waals surface area (Å²) in [4.78, 5) is 4.62. The predicted octanol–water partition coefficient (Wildman–Crippen LogP) is 4.92. The standard InChI is InChI=1S/C17H24N2S/c1-2-8-18-16(10-13-5-3-4-6-13)14-11-17-15(19-12-14)7-9-20-17/h7,9,11-13,16,18H,2-6,8,10H2,1H3. The van der Waals surface area contributed by atoms with Crippen LogP contribution in [0.25, 0.3) is 10.2 Å². The van der Waals surface area contributed by atoms with Gasteiger partial charge in [-0.15, -0.1) is 11.3 Å². The molecule has 0 saturated heterocycles. The maximum absolute atomic E-state index is 4.62. The summed E-state index contributed by atoms with van der Waals surface area (Å²) in [6, 6.07) is 4.93. The molecule has 0 bridgehead atoms. The number of fused-ring (bicyclic) bond motifs is 1. The lowest BCUT2D eigenvalue weighted by atomic mass is 9.94. The van der Waals surface area contributed by atoms with E-state index in [1.54, 1.807) is 11.3 Å². The molecule has 1 aliphatic rings. The van der Waals surface area contributed by atoms with E-state index in [0.29, 0.717) is 6.04 Å². The summed E-state index contributed by atoms with van der Waals surface area (Å²) in [6.07, 6.45) is 10.2. The molecule has 0 radical (unpaired) electrons. The summed E-state index contributed by atoms with van der Waals surface area (Å²) in [5.41, 5.74) is 2.51. The summed E-state index contributed by atoms with van der Waals surface area (Å²) in [5, 5.41) is 5.87. The van der Waals surface area contributed by atoms with Crippen LogP contribution in [0.5, 0.6) is 0 Å². The van der Waals surface area contributed by atoms with E-state index in [1.807, 2.05) is 0 Å². The molecule has 2 nitrogen and oxygen atoms in total. The molecule has 0 aromatic carbocycles. The second-order valence-corrected chi connectivity index (χ2v) is 6.91. The van der Waals surface area contributed by atoms with Crippen molar-refractivity contribution in [3.8, 4) is 0 Å². The van der Waals surface area contributed by atoms with Crippen LogP contribution in [0.1, 0.15) is 57.1 Å². The minimum absolute atomic E-state index is 0.483. The quantitative estimate of drug-likeness (QED) is 0.816. The van der Waals surface area contributed by atoms with Gasteiger partial charge in [0.1, 0.15) is 0 Å². The van der Waals surface area contributed by atoms with Gasteiger partial charge in [-0.05, 0) is 48.4 Å². The highest BCUT2D eigenvalue weighted by atomic mass is 32.1. The Balaban J connectivity index is 1.78. The molecule has 3 heteroatoms. The number of rotatable bonds is 6. The van der Waals surface area contributed by atoms with Crippen molar-refractivity contribution in [2.75, 3.05) is 6.54 Å². The van der Waals surface area contributed by atoms with Crippen LogP contribution in [-0.4, -0.2) is 11.5 Å². The molecular weight excluding hydrogens is 264 g/mol. The average Bonchev–Trinajstić information content (AvgIpc) is 3.13. The van der Waals surface area contributed by atoms with E-state index >= 15 is 0 Å². The number of thiophene rings is 1. The van der Waals surface area contributed by atoms with Crippen LogP contribution in [-0.2, 0) is 0 Å². The summed E-state index contributed by atoms with van der Waals surface area (Å²) in [7, 11) is 0. The van der Waals surface area contributed by atoms with E-state index < -0.39 is 0 Å². The molecule has 1 N–H and O–H groups in total. The van der Waals surface area contributed by atoms with E-state index in [-0.39, 0.29) is 0 Å². The molecule has 3 rings (SSSR count). The molecule has 2 heterocycles. The Labute approximate surface area is 125 Å². The molecule has 0 amide bonds. The van der Waals surface area contributed by atoms with Gasteiger partial charge in [0, 0.05) is 12.2 Å². The zero-order valence-electron chi connectivity index (χ0n) is 12.3. The van der Waals surface area contributed by atoms with Gasteiger partial charge in [-0.25, -0.2) is 0 Å².